The Kier molecular flexibility index (Phi) is 6.20. The van der Waals surface area contributed by atoms with Crippen LogP contribution in [0.3, 0.4) is 0 Å². The molecule has 0 N–H and O–H groups in total. The van der Waals surface area contributed by atoms with Crippen molar-refractivity contribution in [1.29, 1.82) is 0 Å². The number of rotatable bonds is 8. The van der Waals surface area contributed by atoms with Gasteiger partial charge in [-0.2, -0.15) is 0 Å². The molecule has 1 amide bonds. The van der Waals surface area contributed by atoms with E-state index in [2.05, 4.69) is 41.3 Å². The summed E-state index contributed by atoms with van der Waals surface area (Å²) in [5.41, 5.74) is 1.16. The van der Waals surface area contributed by atoms with Crippen LogP contribution in [-0.2, 0) is 4.79 Å². The second-order valence-electron chi connectivity index (χ2n) is 5.54. The van der Waals surface area contributed by atoms with Crippen LogP contribution >= 0.6 is 23.1 Å². The fraction of sp³-hybridized carbons (Fsp3) is 0.150. The van der Waals surface area contributed by atoms with Gasteiger partial charge in [0.1, 0.15) is 16.2 Å². The summed E-state index contributed by atoms with van der Waals surface area (Å²) in [7, 11) is 0. The van der Waals surface area contributed by atoms with Crippen LogP contribution < -0.4 is 0 Å². The summed E-state index contributed by atoms with van der Waals surface area (Å²) in [5, 5.41) is 1.83. The Bertz CT molecular complexity index is 911. The number of nitrogens with zero attached hydrogens (tertiary/aromatic N) is 3. The van der Waals surface area contributed by atoms with Crippen LogP contribution in [0.5, 0.6) is 0 Å². The summed E-state index contributed by atoms with van der Waals surface area (Å²) >= 11 is 3.08. The fourth-order valence-electron chi connectivity index (χ4n) is 2.50. The van der Waals surface area contributed by atoms with E-state index in [9.17, 15) is 4.79 Å². The first-order chi connectivity index (χ1) is 12.7. The highest BCUT2D eigenvalue weighted by atomic mass is 32.2. The van der Waals surface area contributed by atoms with Crippen molar-refractivity contribution < 1.29 is 4.79 Å². The number of amides is 1. The summed E-state index contributed by atoms with van der Waals surface area (Å²) in [6.07, 6.45) is 5.01. The molecule has 2 heterocycles. The Labute approximate surface area is 161 Å². The molecular formula is C20H19N3OS2. The molecule has 0 spiro atoms. The van der Waals surface area contributed by atoms with Gasteiger partial charge in [0, 0.05) is 23.4 Å². The van der Waals surface area contributed by atoms with Crippen molar-refractivity contribution in [3.05, 3.63) is 68.0 Å². The van der Waals surface area contributed by atoms with Gasteiger partial charge in [-0.05, 0) is 11.6 Å². The lowest BCUT2D eigenvalue weighted by Crippen LogP contribution is -2.32. The van der Waals surface area contributed by atoms with E-state index in [0.29, 0.717) is 18.8 Å². The first-order valence-corrected chi connectivity index (χ1v) is 9.95. The van der Waals surface area contributed by atoms with Crippen molar-refractivity contribution in [2.24, 2.45) is 0 Å². The first kappa shape index (κ1) is 18.4. The normalized spacial score (nSPS) is 10.6. The first-order valence-electron chi connectivity index (χ1n) is 8.15. The Morgan fingerprint density at radius 2 is 1.88 bits per heavy atom. The minimum Gasteiger partial charge on any atom is -0.335 e. The molecule has 6 heteroatoms. The van der Waals surface area contributed by atoms with Gasteiger partial charge in [-0.15, -0.1) is 24.5 Å². The number of carbonyl (C=O) groups excluding carboxylic acids is 1. The predicted molar refractivity (Wildman–Crippen MR) is 111 cm³/mol. The number of hydrogen-bond acceptors (Lipinski definition) is 5. The second kappa shape index (κ2) is 8.78. The van der Waals surface area contributed by atoms with Crippen molar-refractivity contribution in [2.75, 3.05) is 18.8 Å². The SMILES string of the molecule is C=CCN(CC=C)C(=O)CSc1ncnc2sc(-c3ccccc3)cc12. The van der Waals surface area contributed by atoms with Gasteiger partial charge in [0.2, 0.25) is 5.91 Å². The number of aromatic nitrogens is 2. The molecule has 4 nitrogen and oxygen atoms in total. The summed E-state index contributed by atoms with van der Waals surface area (Å²) in [6.45, 7) is 8.43. The van der Waals surface area contributed by atoms with Gasteiger partial charge in [0.05, 0.1) is 5.75 Å². The molecule has 0 unspecified atom stereocenters. The number of hydrogen-bond donors (Lipinski definition) is 0. The predicted octanol–water partition coefficient (Wildman–Crippen LogP) is 4.65. The molecule has 0 radical (unpaired) electrons. The molecule has 26 heavy (non-hydrogen) atoms. The van der Waals surface area contributed by atoms with E-state index in [1.807, 2.05) is 18.2 Å². The zero-order valence-corrected chi connectivity index (χ0v) is 15.9. The highest BCUT2D eigenvalue weighted by Crippen LogP contribution is 2.36. The molecular weight excluding hydrogens is 362 g/mol. The summed E-state index contributed by atoms with van der Waals surface area (Å²) in [4.78, 5) is 25.0. The van der Waals surface area contributed by atoms with Crippen LogP contribution in [0.15, 0.2) is 73.1 Å². The van der Waals surface area contributed by atoms with E-state index in [4.69, 9.17) is 0 Å². The molecule has 0 bridgehead atoms. The van der Waals surface area contributed by atoms with E-state index < -0.39 is 0 Å². The van der Waals surface area contributed by atoms with E-state index in [1.54, 1.807) is 34.7 Å². The third kappa shape index (κ3) is 4.20. The molecule has 132 valence electrons. The van der Waals surface area contributed by atoms with Crippen molar-refractivity contribution in [2.45, 2.75) is 5.03 Å². The molecule has 3 aromatic rings. The molecule has 0 saturated heterocycles. The molecule has 3 rings (SSSR count). The smallest absolute Gasteiger partial charge is 0.233 e. The van der Waals surface area contributed by atoms with Crippen molar-refractivity contribution >= 4 is 39.2 Å². The third-order valence-corrected chi connectivity index (χ3v) is 5.82. The lowest BCUT2D eigenvalue weighted by atomic mass is 10.2. The lowest BCUT2D eigenvalue weighted by molar-refractivity contribution is -0.127. The lowest BCUT2D eigenvalue weighted by Gasteiger charge is -2.18. The van der Waals surface area contributed by atoms with E-state index in [-0.39, 0.29) is 5.91 Å². The fourth-order valence-corrected chi connectivity index (χ4v) is 4.45. The zero-order chi connectivity index (χ0) is 18.4. The van der Waals surface area contributed by atoms with Gasteiger partial charge in [0.25, 0.3) is 0 Å². The second-order valence-corrected chi connectivity index (χ2v) is 7.53. The van der Waals surface area contributed by atoms with Gasteiger partial charge >= 0.3 is 0 Å². The standard InChI is InChI=1S/C20H19N3OS2/c1-3-10-23(11-4-2)18(24)13-25-19-16-12-17(15-8-6-5-7-9-15)26-20(16)22-14-21-19/h3-9,12,14H,1-2,10-11,13H2. The highest BCUT2D eigenvalue weighted by Gasteiger charge is 2.15. The minimum absolute atomic E-state index is 0.0417. The van der Waals surface area contributed by atoms with Crippen LogP contribution in [0.2, 0.25) is 0 Å². The number of fused-ring (bicyclic) bond motifs is 1. The average molecular weight is 382 g/mol. The molecule has 0 aliphatic heterocycles. The maximum absolute atomic E-state index is 12.4. The average Bonchev–Trinajstić information content (AvgIpc) is 3.11. The molecule has 0 fully saturated rings. The van der Waals surface area contributed by atoms with Crippen LogP contribution in [0.4, 0.5) is 0 Å². The van der Waals surface area contributed by atoms with Crippen LogP contribution in [0.1, 0.15) is 0 Å². The van der Waals surface area contributed by atoms with E-state index in [0.717, 1.165) is 25.7 Å². The van der Waals surface area contributed by atoms with Crippen molar-refractivity contribution in [1.82, 2.24) is 14.9 Å². The van der Waals surface area contributed by atoms with Crippen LogP contribution in [0, 0.1) is 0 Å². The molecule has 0 aliphatic carbocycles. The third-order valence-electron chi connectivity index (χ3n) is 3.74. The van der Waals surface area contributed by atoms with E-state index in [1.165, 1.54) is 11.8 Å². The monoisotopic (exact) mass is 381 g/mol. The largest absolute Gasteiger partial charge is 0.335 e. The molecule has 1 aromatic carbocycles. The maximum atomic E-state index is 12.4. The summed E-state index contributed by atoms with van der Waals surface area (Å²) in [5.74, 6) is 0.365. The number of thiophene rings is 1. The highest BCUT2D eigenvalue weighted by molar-refractivity contribution is 8.00. The maximum Gasteiger partial charge on any atom is 0.233 e. The summed E-state index contributed by atoms with van der Waals surface area (Å²) in [6, 6.07) is 12.3. The molecule has 0 atom stereocenters. The van der Waals surface area contributed by atoms with Gasteiger partial charge in [-0.3, -0.25) is 4.79 Å². The van der Waals surface area contributed by atoms with Gasteiger partial charge < -0.3 is 4.90 Å². The van der Waals surface area contributed by atoms with Gasteiger partial charge in [-0.25, -0.2) is 9.97 Å². The van der Waals surface area contributed by atoms with Crippen LogP contribution in [-0.4, -0.2) is 39.6 Å². The summed E-state index contributed by atoms with van der Waals surface area (Å²) < 4.78 is 0. The Morgan fingerprint density at radius 1 is 1.15 bits per heavy atom. The Morgan fingerprint density at radius 3 is 2.58 bits per heavy atom. The Hall–Kier alpha value is -2.44. The van der Waals surface area contributed by atoms with Crippen molar-refractivity contribution in [3.63, 3.8) is 0 Å². The minimum atomic E-state index is 0.0417. The number of thioether (sulfide) groups is 1. The van der Waals surface area contributed by atoms with E-state index >= 15 is 0 Å². The molecule has 2 aromatic heterocycles. The quantitative estimate of drug-likeness (QED) is 0.324. The molecule has 0 saturated carbocycles. The Balaban J connectivity index is 1.80. The van der Waals surface area contributed by atoms with Gasteiger partial charge in [0.15, 0.2) is 0 Å². The topological polar surface area (TPSA) is 46.1 Å². The van der Waals surface area contributed by atoms with Gasteiger partial charge in [-0.1, -0.05) is 54.2 Å². The number of carbonyl (C=O) groups is 1. The molecule has 0 aliphatic rings. The van der Waals surface area contributed by atoms with Crippen molar-refractivity contribution in [3.8, 4) is 10.4 Å². The van der Waals surface area contributed by atoms with Crippen LogP contribution in [0.25, 0.3) is 20.7 Å². The number of benzene rings is 1. The zero-order valence-electron chi connectivity index (χ0n) is 14.3.